The van der Waals surface area contributed by atoms with Gasteiger partial charge < -0.3 is 10.6 Å². The van der Waals surface area contributed by atoms with Crippen molar-refractivity contribution in [1.82, 2.24) is 4.90 Å². The Hall–Kier alpha value is -0.620. The molecule has 0 radical (unpaired) electrons. The zero-order valence-corrected chi connectivity index (χ0v) is 11.5. The van der Waals surface area contributed by atoms with Gasteiger partial charge in [0.1, 0.15) is 5.75 Å². The lowest BCUT2D eigenvalue weighted by atomic mass is 10.1. The van der Waals surface area contributed by atoms with Gasteiger partial charge in [0.25, 0.3) is 0 Å². The largest absolute Gasteiger partial charge is 0.339 e. The molecule has 17 heavy (non-hydrogen) atoms. The summed E-state index contributed by atoms with van der Waals surface area (Å²) in [5, 5.41) is -0.505. The third-order valence-electron chi connectivity index (χ3n) is 3.36. The van der Waals surface area contributed by atoms with Crippen LogP contribution in [0.2, 0.25) is 0 Å². The van der Waals surface area contributed by atoms with Gasteiger partial charge in [-0.3, -0.25) is 4.79 Å². The molecule has 0 aromatic rings. The zero-order valence-electron chi connectivity index (χ0n) is 10.7. The summed E-state index contributed by atoms with van der Waals surface area (Å²) in [4.78, 5) is 13.6. The van der Waals surface area contributed by atoms with E-state index in [4.69, 9.17) is 5.73 Å². The molecule has 1 heterocycles. The number of nitrogens with zero attached hydrogens (tertiary/aromatic N) is 1. The Kier molecular flexibility index (Phi) is 4.55. The van der Waals surface area contributed by atoms with Gasteiger partial charge in [-0.2, -0.15) is 0 Å². The van der Waals surface area contributed by atoms with Gasteiger partial charge in [0.2, 0.25) is 5.91 Å². The standard InChI is InChI=1S/C11H22N2O3S/c1-8(2)17(15,16)7-11(14)13-6-10(5-12)4-9(13)3/h8-10H,4-7,12H2,1-3H3. The molecular formula is C11H22N2O3S. The first-order valence-electron chi connectivity index (χ1n) is 5.99. The molecule has 1 amide bonds. The first-order chi connectivity index (χ1) is 7.77. The Balaban J connectivity index is 2.66. The summed E-state index contributed by atoms with van der Waals surface area (Å²) in [6.45, 7) is 6.27. The summed E-state index contributed by atoms with van der Waals surface area (Å²) in [6.07, 6.45) is 0.865. The second-order valence-electron chi connectivity index (χ2n) is 5.09. The van der Waals surface area contributed by atoms with Crippen molar-refractivity contribution in [1.29, 1.82) is 0 Å². The summed E-state index contributed by atoms with van der Waals surface area (Å²) in [5.74, 6) is -0.371. The van der Waals surface area contributed by atoms with Crippen LogP contribution in [-0.4, -0.2) is 49.4 Å². The van der Waals surface area contributed by atoms with E-state index in [9.17, 15) is 13.2 Å². The van der Waals surface area contributed by atoms with Crippen LogP contribution in [0.15, 0.2) is 0 Å². The molecule has 1 saturated heterocycles. The van der Waals surface area contributed by atoms with Crippen LogP contribution in [0, 0.1) is 5.92 Å². The molecule has 100 valence electrons. The summed E-state index contributed by atoms with van der Waals surface area (Å²) in [6, 6.07) is 0.0958. The number of rotatable bonds is 4. The van der Waals surface area contributed by atoms with E-state index >= 15 is 0 Å². The van der Waals surface area contributed by atoms with E-state index in [0.29, 0.717) is 19.0 Å². The van der Waals surface area contributed by atoms with Gasteiger partial charge in [-0.05, 0) is 39.7 Å². The molecule has 0 bridgehead atoms. The maximum absolute atomic E-state index is 11.9. The van der Waals surface area contributed by atoms with E-state index in [1.165, 1.54) is 0 Å². The Morgan fingerprint density at radius 2 is 2.06 bits per heavy atom. The highest BCUT2D eigenvalue weighted by molar-refractivity contribution is 7.92. The van der Waals surface area contributed by atoms with Gasteiger partial charge >= 0.3 is 0 Å². The van der Waals surface area contributed by atoms with Crippen molar-refractivity contribution >= 4 is 15.7 Å². The highest BCUT2D eigenvalue weighted by atomic mass is 32.2. The fourth-order valence-electron chi connectivity index (χ4n) is 2.08. The van der Waals surface area contributed by atoms with Crippen LogP contribution in [0.4, 0.5) is 0 Å². The highest BCUT2D eigenvalue weighted by Gasteiger charge is 2.33. The first kappa shape index (κ1) is 14.4. The molecule has 0 spiro atoms. The normalized spacial score (nSPS) is 25.6. The maximum atomic E-state index is 11.9. The molecule has 5 nitrogen and oxygen atoms in total. The molecule has 1 rings (SSSR count). The molecule has 2 N–H and O–H groups in total. The lowest BCUT2D eigenvalue weighted by molar-refractivity contribution is -0.129. The fraction of sp³-hybridized carbons (Fsp3) is 0.909. The molecule has 6 heteroatoms. The summed E-state index contributed by atoms with van der Waals surface area (Å²) in [5.41, 5.74) is 5.58. The van der Waals surface area contributed by atoms with Gasteiger partial charge in [-0.25, -0.2) is 8.42 Å². The van der Waals surface area contributed by atoms with Crippen molar-refractivity contribution in [3.63, 3.8) is 0 Å². The minimum absolute atomic E-state index is 0.0958. The maximum Gasteiger partial charge on any atom is 0.238 e. The van der Waals surface area contributed by atoms with Crippen molar-refractivity contribution in [2.45, 2.75) is 38.5 Å². The van der Waals surface area contributed by atoms with E-state index in [-0.39, 0.29) is 17.7 Å². The molecule has 2 atom stereocenters. The molecule has 0 saturated carbocycles. The molecule has 0 aromatic carbocycles. The van der Waals surface area contributed by atoms with Crippen molar-refractivity contribution in [3.05, 3.63) is 0 Å². The van der Waals surface area contributed by atoms with Crippen LogP contribution in [-0.2, 0) is 14.6 Å². The Labute approximate surface area is 103 Å². The number of sulfone groups is 1. The molecule has 1 aliphatic rings. The predicted octanol–water partition coefficient (Wildman–Crippen LogP) is 0.00530. The number of hydrogen-bond acceptors (Lipinski definition) is 4. The van der Waals surface area contributed by atoms with Crippen LogP contribution < -0.4 is 5.73 Å². The Morgan fingerprint density at radius 3 is 2.47 bits per heavy atom. The highest BCUT2D eigenvalue weighted by Crippen LogP contribution is 2.22. The van der Waals surface area contributed by atoms with E-state index in [1.807, 2.05) is 6.92 Å². The smallest absolute Gasteiger partial charge is 0.238 e. The van der Waals surface area contributed by atoms with Gasteiger partial charge in [-0.15, -0.1) is 0 Å². The average Bonchev–Trinajstić information content (AvgIpc) is 2.58. The number of amides is 1. The Morgan fingerprint density at radius 1 is 1.47 bits per heavy atom. The van der Waals surface area contributed by atoms with Gasteiger partial charge in [0, 0.05) is 12.6 Å². The lowest BCUT2D eigenvalue weighted by Gasteiger charge is -2.22. The number of hydrogen-bond donors (Lipinski definition) is 1. The number of carbonyl (C=O) groups excluding carboxylic acids is 1. The Bertz CT molecular complexity index is 378. The third-order valence-corrected chi connectivity index (χ3v) is 5.44. The average molecular weight is 262 g/mol. The van der Waals surface area contributed by atoms with E-state index < -0.39 is 15.1 Å². The van der Waals surface area contributed by atoms with Crippen LogP contribution in [0.1, 0.15) is 27.2 Å². The topological polar surface area (TPSA) is 80.5 Å². The van der Waals surface area contributed by atoms with Crippen LogP contribution in [0.25, 0.3) is 0 Å². The quantitative estimate of drug-likeness (QED) is 0.773. The fourth-order valence-corrected chi connectivity index (χ4v) is 2.93. The van der Waals surface area contributed by atoms with Crippen molar-refractivity contribution in [3.8, 4) is 0 Å². The van der Waals surface area contributed by atoms with Crippen molar-refractivity contribution in [2.24, 2.45) is 11.7 Å². The van der Waals surface area contributed by atoms with Gasteiger partial charge in [-0.1, -0.05) is 0 Å². The van der Waals surface area contributed by atoms with Gasteiger partial charge in [0.15, 0.2) is 9.84 Å². The molecule has 0 aliphatic carbocycles. The second-order valence-corrected chi connectivity index (χ2v) is 7.65. The summed E-state index contributed by atoms with van der Waals surface area (Å²) < 4.78 is 23.4. The third kappa shape index (κ3) is 3.42. The molecular weight excluding hydrogens is 240 g/mol. The first-order valence-corrected chi connectivity index (χ1v) is 7.70. The molecule has 1 aliphatic heterocycles. The van der Waals surface area contributed by atoms with E-state index in [2.05, 4.69) is 0 Å². The molecule has 2 unspecified atom stereocenters. The van der Waals surface area contributed by atoms with Crippen LogP contribution in [0.3, 0.4) is 0 Å². The van der Waals surface area contributed by atoms with Crippen LogP contribution >= 0.6 is 0 Å². The SMILES string of the molecule is CC1CC(CN)CN1C(=O)CS(=O)(=O)C(C)C. The summed E-state index contributed by atoms with van der Waals surface area (Å²) in [7, 11) is -3.30. The number of likely N-dealkylation sites (tertiary alicyclic amines) is 1. The number of carbonyl (C=O) groups is 1. The predicted molar refractivity (Wildman–Crippen MR) is 67.3 cm³/mol. The summed E-state index contributed by atoms with van der Waals surface area (Å²) >= 11 is 0. The zero-order chi connectivity index (χ0) is 13.2. The van der Waals surface area contributed by atoms with E-state index in [0.717, 1.165) is 6.42 Å². The minimum Gasteiger partial charge on any atom is -0.339 e. The molecule has 0 aromatic heterocycles. The lowest BCUT2D eigenvalue weighted by Crippen LogP contribution is -2.39. The second kappa shape index (κ2) is 5.35. The minimum atomic E-state index is -3.30. The van der Waals surface area contributed by atoms with Crippen molar-refractivity contribution in [2.75, 3.05) is 18.8 Å². The van der Waals surface area contributed by atoms with E-state index in [1.54, 1.807) is 18.7 Å². The van der Waals surface area contributed by atoms with Crippen LogP contribution in [0.5, 0.6) is 0 Å². The van der Waals surface area contributed by atoms with Gasteiger partial charge in [0.05, 0.1) is 5.25 Å². The molecule has 1 fully saturated rings. The number of nitrogens with two attached hydrogens (primary N) is 1. The van der Waals surface area contributed by atoms with Crippen molar-refractivity contribution < 1.29 is 13.2 Å². The monoisotopic (exact) mass is 262 g/mol.